The molecule has 0 amide bonds. The van der Waals surface area contributed by atoms with E-state index in [9.17, 15) is 0 Å². The maximum atomic E-state index is 5.06. The van der Waals surface area contributed by atoms with Crippen molar-refractivity contribution in [2.24, 2.45) is 0 Å². The zero-order valence-electron chi connectivity index (χ0n) is 28.9. The van der Waals surface area contributed by atoms with Crippen LogP contribution in [0.15, 0.2) is 200 Å². The Kier molecular flexibility index (Phi) is 7.47. The maximum Gasteiger partial charge on any atom is 0.159 e. The van der Waals surface area contributed by atoms with Crippen LogP contribution in [0.25, 0.3) is 94.3 Å². The van der Waals surface area contributed by atoms with Crippen LogP contribution in [0.1, 0.15) is 0 Å². The first-order valence-electron chi connectivity index (χ1n) is 18.0. The number of rotatable bonds is 6. The summed E-state index contributed by atoms with van der Waals surface area (Å²) in [6.07, 6.45) is 1.86. The molecule has 2 aromatic heterocycles. The third-order valence-electron chi connectivity index (χ3n) is 10.3. The third-order valence-corrected chi connectivity index (χ3v) is 10.3. The van der Waals surface area contributed by atoms with Crippen LogP contribution >= 0.6 is 0 Å². The normalized spacial score (nSPS) is 11.4. The van der Waals surface area contributed by atoms with Gasteiger partial charge in [0.15, 0.2) is 5.82 Å². The standard InChI is InChI=1S/C50H33N3/c1-2-10-34(11-3-1)35-18-22-39(23-19-35)42-13-6-7-15-44(42)46-32-33-51-50(52-46)40-24-20-36(21-25-40)37-26-29-41(30-27-37)53-47-17-9-8-16-45(47)49-43-14-5-4-12-38(43)28-31-48(49)53/h1-33H. The van der Waals surface area contributed by atoms with E-state index in [4.69, 9.17) is 4.98 Å². The van der Waals surface area contributed by atoms with Crippen LogP contribution in [0.4, 0.5) is 0 Å². The minimum atomic E-state index is 0.706. The van der Waals surface area contributed by atoms with Gasteiger partial charge in [-0.2, -0.15) is 0 Å². The molecule has 0 spiro atoms. The Labute approximate surface area is 308 Å². The van der Waals surface area contributed by atoms with Crippen molar-refractivity contribution < 1.29 is 0 Å². The second-order valence-corrected chi connectivity index (χ2v) is 13.4. The molecule has 2 heterocycles. The smallest absolute Gasteiger partial charge is 0.159 e. The van der Waals surface area contributed by atoms with Gasteiger partial charge in [0.2, 0.25) is 0 Å². The Morgan fingerprint density at radius 1 is 0.358 bits per heavy atom. The lowest BCUT2D eigenvalue weighted by Crippen LogP contribution is -1.94. The van der Waals surface area contributed by atoms with Crippen molar-refractivity contribution in [2.75, 3.05) is 0 Å². The van der Waals surface area contributed by atoms with Gasteiger partial charge in [-0.1, -0.05) is 164 Å². The lowest BCUT2D eigenvalue weighted by Gasteiger charge is -2.12. The molecule has 3 heteroatoms. The first-order chi connectivity index (χ1) is 26.3. The summed E-state index contributed by atoms with van der Waals surface area (Å²) in [7, 11) is 0. The quantitative estimate of drug-likeness (QED) is 0.176. The predicted molar refractivity (Wildman–Crippen MR) is 221 cm³/mol. The van der Waals surface area contributed by atoms with Crippen LogP contribution in [0.2, 0.25) is 0 Å². The molecule has 3 nitrogen and oxygen atoms in total. The molecule has 10 rings (SSSR count). The Morgan fingerprint density at radius 2 is 0.925 bits per heavy atom. The minimum Gasteiger partial charge on any atom is -0.309 e. The van der Waals surface area contributed by atoms with Crippen molar-refractivity contribution in [3.05, 3.63) is 200 Å². The summed E-state index contributed by atoms with van der Waals surface area (Å²) in [5.41, 5.74) is 13.5. The molecule has 0 atom stereocenters. The van der Waals surface area contributed by atoms with Crippen LogP contribution in [-0.4, -0.2) is 14.5 Å². The number of hydrogen-bond acceptors (Lipinski definition) is 2. The van der Waals surface area contributed by atoms with E-state index in [2.05, 4.69) is 192 Å². The first kappa shape index (κ1) is 30.7. The predicted octanol–water partition coefficient (Wildman–Crippen LogP) is 13.1. The second-order valence-electron chi connectivity index (χ2n) is 13.4. The molecule has 0 aliphatic rings. The van der Waals surface area contributed by atoms with Crippen LogP contribution in [0.5, 0.6) is 0 Å². The molecule has 0 unspecified atom stereocenters. The Hall–Kier alpha value is -7.10. The fourth-order valence-corrected chi connectivity index (χ4v) is 7.71. The summed E-state index contributed by atoms with van der Waals surface area (Å²) in [5, 5.41) is 5.11. The van der Waals surface area contributed by atoms with Crippen molar-refractivity contribution in [1.29, 1.82) is 0 Å². The van der Waals surface area contributed by atoms with Gasteiger partial charge in [0.05, 0.1) is 16.7 Å². The summed E-state index contributed by atoms with van der Waals surface area (Å²) in [6, 6.07) is 69.0. The van der Waals surface area contributed by atoms with E-state index >= 15 is 0 Å². The van der Waals surface area contributed by atoms with Crippen LogP contribution in [0, 0.1) is 0 Å². The summed E-state index contributed by atoms with van der Waals surface area (Å²) >= 11 is 0. The van der Waals surface area contributed by atoms with Crippen molar-refractivity contribution >= 4 is 32.6 Å². The van der Waals surface area contributed by atoms with Gasteiger partial charge in [0.1, 0.15) is 0 Å². The lowest BCUT2D eigenvalue weighted by atomic mass is 9.95. The zero-order valence-corrected chi connectivity index (χ0v) is 28.9. The summed E-state index contributed by atoms with van der Waals surface area (Å²) in [5.74, 6) is 0.706. The zero-order chi connectivity index (χ0) is 35.1. The molecule has 0 aliphatic carbocycles. The highest BCUT2D eigenvalue weighted by Crippen LogP contribution is 2.38. The van der Waals surface area contributed by atoms with Crippen molar-refractivity contribution in [3.63, 3.8) is 0 Å². The summed E-state index contributed by atoms with van der Waals surface area (Å²) in [6.45, 7) is 0. The van der Waals surface area contributed by atoms with Crippen molar-refractivity contribution in [1.82, 2.24) is 14.5 Å². The van der Waals surface area contributed by atoms with Gasteiger partial charge in [-0.15, -0.1) is 0 Å². The molecule has 8 aromatic carbocycles. The topological polar surface area (TPSA) is 30.7 Å². The van der Waals surface area contributed by atoms with E-state index in [1.807, 2.05) is 18.3 Å². The largest absolute Gasteiger partial charge is 0.309 e. The van der Waals surface area contributed by atoms with Gasteiger partial charge in [0.25, 0.3) is 0 Å². The maximum absolute atomic E-state index is 5.06. The average Bonchev–Trinajstić information content (AvgIpc) is 3.59. The number of aromatic nitrogens is 3. The first-order valence-corrected chi connectivity index (χ1v) is 18.0. The monoisotopic (exact) mass is 675 g/mol. The number of nitrogens with zero attached hydrogens (tertiary/aromatic N) is 3. The average molecular weight is 676 g/mol. The Morgan fingerprint density at radius 3 is 1.68 bits per heavy atom. The highest BCUT2D eigenvalue weighted by molar-refractivity contribution is 6.21. The second kappa shape index (κ2) is 12.9. The van der Waals surface area contributed by atoms with Crippen LogP contribution in [-0.2, 0) is 0 Å². The van der Waals surface area contributed by atoms with Gasteiger partial charge < -0.3 is 4.57 Å². The van der Waals surface area contributed by atoms with E-state index < -0.39 is 0 Å². The third kappa shape index (κ3) is 5.47. The Balaban J connectivity index is 0.939. The van der Waals surface area contributed by atoms with Crippen LogP contribution in [0.3, 0.4) is 0 Å². The molecule has 0 aliphatic heterocycles. The van der Waals surface area contributed by atoms with Crippen molar-refractivity contribution in [2.45, 2.75) is 0 Å². The van der Waals surface area contributed by atoms with Gasteiger partial charge in [0, 0.05) is 33.8 Å². The number of hydrogen-bond donors (Lipinski definition) is 0. The molecule has 0 bridgehead atoms. The van der Waals surface area contributed by atoms with Crippen LogP contribution < -0.4 is 0 Å². The molecule has 53 heavy (non-hydrogen) atoms. The van der Waals surface area contributed by atoms with Gasteiger partial charge >= 0.3 is 0 Å². The van der Waals surface area contributed by atoms with Crippen molar-refractivity contribution in [3.8, 4) is 61.7 Å². The van der Waals surface area contributed by atoms with E-state index in [0.717, 1.165) is 44.8 Å². The van der Waals surface area contributed by atoms with E-state index in [1.54, 1.807) is 0 Å². The molecule has 248 valence electrons. The summed E-state index contributed by atoms with van der Waals surface area (Å²) in [4.78, 5) is 9.74. The number of fused-ring (bicyclic) bond motifs is 5. The van der Waals surface area contributed by atoms with Gasteiger partial charge in [-0.25, -0.2) is 9.97 Å². The fraction of sp³-hybridized carbons (Fsp3) is 0. The number of benzene rings is 8. The highest BCUT2D eigenvalue weighted by Gasteiger charge is 2.15. The molecule has 0 radical (unpaired) electrons. The van der Waals surface area contributed by atoms with E-state index in [1.165, 1.54) is 43.7 Å². The highest BCUT2D eigenvalue weighted by atomic mass is 15.0. The number of para-hydroxylation sites is 1. The molecular weight excluding hydrogens is 643 g/mol. The fourth-order valence-electron chi connectivity index (χ4n) is 7.71. The van der Waals surface area contributed by atoms with E-state index in [0.29, 0.717) is 5.82 Å². The van der Waals surface area contributed by atoms with E-state index in [-0.39, 0.29) is 0 Å². The molecule has 0 N–H and O–H groups in total. The molecule has 0 fully saturated rings. The molecule has 10 aromatic rings. The van der Waals surface area contributed by atoms with Gasteiger partial charge in [-0.3, -0.25) is 0 Å². The SMILES string of the molecule is c1ccc(-c2ccc(-c3ccccc3-c3ccnc(-c4ccc(-c5ccc(-n6c7ccccc7c7c8ccccc8ccc76)cc5)cc4)n3)cc2)cc1. The van der Waals surface area contributed by atoms with Gasteiger partial charge in [-0.05, 0) is 74.5 Å². The summed E-state index contributed by atoms with van der Waals surface area (Å²) < 4.78 is 2.38. The lowest BCUT2D eigenvalue weighted by molar-refractivity contribution is 1.18. The minimum absolute atomic E-state index is 0.706. The molecular formula is C50H33N3. The molecule has 0 saturated heterocycles. The Bertz CT molecular complexity index is 2900. The molecule has 0 saturated carbocycles.